The average molecular weight is 322 g/mol. The van der Waals surface area contributed by atoms with Crippen LogP contribution in [0.3, 0.4) is 0 Å². The lowest BCUT2D eigenvalue weighted by Crippen LogP contribution is -2.00. The fraction of sp³-hybridized carbons (Fsp3) is 0.312. The van der Waals surface area contributed by atoms with Crippen LogP contribution in [0.5, 0.6) is 5.75 Å². The molecule has 2 rings (SSSR count). The van der Waals surface area contributed by atoms with E-state index in [1.54, 1.807) is 11.8 Å². The van der Waals surface area contributed by atoms with Crippen LogP contribution in [0.1, 0.15) is 39.9 Å². The first-order valence-electron chi connectivity index (χ1n) is 6.64. The molecular formula is C16H18O3S2. The minimum Gasteiger partial charge on any atom is -0.487 e. The maximum absolute atomic E-state index is 11.3. The van der Waals surface area contributed by atoms with Gasteiger partial charge in [-0.15, -0.1) is 23.1 Å². The van der Waals surface area contributed by atoms with Gasteiger partial charge in [0.05, 0.1) is 0 Å². The summed E-state index contributed by atoms with van der Waals surface area (Å²) in [5, 5.41) is 9.25. The number of thiophene rings is 1. The van der Waals surface area contributed by atoms with Crippen LogP contribution in [0, 0.1) is 0 Å². The molecule has 0 fully saturated rings. The number of carbonyl (C=O) groups is 1. The van der Waals surface area contributed by atoms with E-state index < -0.39 is 5.97 Å². The monoisotopic (exact) mass is 322 g/mol. The number of carboxylic acid groups (broad SMARTS) is 1. The quantitative estimate of drug-likeness (QED) is 0.771. The molecule has 2 aromatic rings. The molecule has 0 atom stereocenters. The van der Waals surface area contributed by atoms with Gasteiger partial charge >= 0.3 is 5.97 Å². The smallest absolute Gasteiger partial charge is 0.349 e. The molecule has 0 saturated heterocycles. The molecule has 5 heteroatoms. The number of thioether (sulfide) groups is 1. The van der Waals surface area contributed by atoms with E-state index >= 15 is 0 Å². The van der Waals surface area contributed by atoms with Gasteiger partial charge < -0.3 is 9.84 Å². The molecule has 0 aliphatic carbocycles. The molecule has 0 aliphatic rings. The summed E-state index contributed by atoms with van der Waals surface area (Å²) in [7, 11) is 0. The summed E-state index contributed by atoms with van der Waals surface area (Å²) < 4.78 is 5.71. The zero-order chi connectivity index (χ0) is 15.4. The molecule has 112 valence electrons. The minimum atomic E-state index is -0.931. The zero-order valence-corrected chi connectivity index (χ0v) is 13.9. The minimum absolute atomic E-state index is 0.277. The van der Waals surface area contributed by atoms with E-state index in [-0.39, 0.29) is 4.88 Å². The summed E-state index contributed by atoms with van der Waals surface area (Å²) >= 11 is 2.98. The van der Waals surface area contributed by atoms with E-state index in [0.717, 1.165) is 10.4 Å². The molecule has 1 heterocycles. The van der Waals surface area contributed by atoms with E-state index in [9.17, 15) is 9.90 Å². The molecule has 21 heavy (non-hydrogen) atoms. The van der Waals surface area contributed by atoms with Gasteiger partial charge in [0.2, 0.25) is 0 Å². The maximum atomic E-state index is 11.3. The molecule has 0 spiro atoms. The van der Waals surface area contributed by atoms with Gasteiger partial charge in [-0.3, -0.25) is 0 Å². The molecule has 0 radical (unpaired) electrons. The van der Waals surface area contributed by atoms with Gasteiger partial charge in [0.15, 0.2) is 4.88 Å². The second-order valence-corrected chi connectivity index (χ2v) is 6.90. The van der Waals surface area contributed by atoms with Gasteiger partial charge in [0.25, 0.3) is 0 Å². The Kier molecular flexibility index (Phi) is 5.31. The van der Waals surface area contributed by atoms with Gasteiger partial charge in [0, 0.05) is 9.77 Å². The Labute approximate surface area is 133 Å². The van der Waals surface area contributed by atoms with Crippen molar-refractivity contribution in [1.82, 2.24) is 0 Å². The first kappa shape index (κ1) is 15.9. The lowest BCUT2D eigenvalue weighted by Gasteiger charge is -2.06. The highest BCUT2D eigenvalue weighted by molar-refractivity contribution is 7.98. The fourth-order valence-electron chi connectivity index (χ4n) is 1.82. The molecule has 1 aromatic carbocycles. The van der Waals surface area contributed by atoms with Crippen LogP contribution in [0.25, 0.3) is 0 Å². The van der Waals surface area contributed by atoms with Crippen molar-refractivity contribution >= 4 is 29.1 Å². The Morgan fingerprint density at radius 2 is 2.00 bits per heavy atom. The SMILES string of the molecule is CSc1ccc(COc2cc(C(C)C)sc2C(=O)O)cc1. The molecule has 1 N–H and O–H groups in total. The van der Waals surface area contributed by atoms with Gasteiger partial charge in [-0.05, 0) is 35.9 Å². The van der Waals surface area contributed by atoms with Crippen LogP contribution in [0.15, 0.2) is 35.2 Å². The molecule has 0 amide bonds. The van der Waals surface area contributed by atoms with Gasteiger partial charge in [-0.1, -0.05) is 26.0 Å². The Morgan fingerprint density at radius 3 is 2.52 bits per heavy atom. The van der Waals surface area contributed by atoms with Crippen LogP contribution < -0.4 is 4.74 Å². The summed E-state index contributed by atoms with van der Waals surface area (Å²) in [5.74, 6) is -0.170. The third-order valence-electron chi connectivity index (χ3n) is 3.03. The molecule has 0 unspecified atom stereocenters. The number of hydrogen-bond acceptors (Lipinski definition) is 4. The predicted molar refractivity (Wildman–Crippen MR) is 87.9 cm³/mol. The van der Waals surface area contributed by atoms with Crippen LogP contribution in [0.4, 0.5) is 0 Å². The van der Waals surface area contributed by atoms with E-state index in [4.69, 9.17) is 4.74 Å². The van der Waals surface area contributed by atoms with Crippen LogP contribution in [-0.4, -0.2) is 17.3 Å². The molecule has 1 aromatic heterocycles. The fourth-order valence-corrected chi connectivity index (χ4v) is 3.17. The zero-order valence-electron chi connectivity index (χ0n) is 12.3. The summed E-state index contributed by atoms with van der Waals surface area (Å²) in [6.45, 7) is 4.47. The Morgan fingerprint density at radius 1 is 1.33 bits per heavy atom. The van der Waals surface area contributed by atoms with Crippen molar-refractivity contribution in [3.05, 3.63) is 45.6 Å². The molecule has 3 nitrogen and oxygen atoms in total. The Bertz CT molecular complexity index is 615. The highest BCUT2D eigenvalue weighted by Crippen LogP contribution is 2.34. The van der Waals surface area contributed by atoms with E-state index in [1.165, 1.54) is 16.2 Å². The highest BCUT2D eigenvalue weighted by Gasteiger charge is 2.18. The topological polar surface area (TPSA) is 46.5 Å². The first-order valence-corrected chi connectivity index (χ1v) is 8.68. The standard InChI is InChI=1S/C16H18O3S2/c1-10(2)14-8-13(15(21-14)16(17)18)19-9-11-4-6-12(20-3)7-5-11/h4-8,10H,9H2,1-3H3,(H,17,18). The number of ether oxygens (including phenoxy) is 1. The van der Waals surface area contributed by atoms with Gasteiger partial charge in [0.1, 0.15) is 12.4 Å². The normalized spacial score (nSPS) is 10.9. The molecule has 0 aliphatic heterocycles. The van der Waals surface area contributed by atoms with Crippen molar-refractivity contribution < 1.29 is 14.6 Å². The van der Waals surface area contributed by atoms with E-state index in [2.05, 4.69) is 0 Å². The van der Waals surface area contributed by atoms with Crippen molar-refractivity contribution in [1.29, 1.82) is 0 Å². The second kappa shape index (κ2) is 7.00. The summed E-state index contributed by atoms with van der Waals surface area (Å²) in [4.78, 5) is 13.8. The number of hydrogen-bond donors (Lipinski definition) is 1. The first-order chi connectivity index (χ1) is 10.0. The van der Waals surface area contributed by atoms with E-state index in [0.29, 0.717) is 18.3 Å². The average Bonchev–Trinajstić information content (AvgIpc) is 2.90. The van der Waals surface area contributed by atoms with Crippen molar-refractivity contribution in [2.75, 3.05) is 6.26 Å². The highest BCUT2D eigenvalue weighted by atomic mass is 32.2. The number of aromatic carboxylic acids is 1. The number of benzene rings is 1. The van der Waals surface area contributed by atoms with Crippen molar-refractivity contribution in [3.63, 3.8) is 0 Å². The third-order valence-corrected chi connectivity index (χ3v) is 5.18. The lowest BCUT2D eigenvalue weighted by atomic mass is 10.2. The van der Waals surface area contributed by atoms with Gasteiger partial charge in [-0.2, -0.15) is 0 Å². The van der Waals surface area contributed by atoms with Gasteiger partial charge in [-0.25, -0.2) is 4.79 Å². The third kappa shape index (κ3) is 4.02. The summed E-state index contributed by atoms with van der Waals surface area (Å²) in [5.41, 5.74) is 1.03. The van der Waals surface area contributed by atoms with Crippen molar-refractivity contribution in [2.24, 2.45) is 0 Å². The van der Waals surface area contributed by atoms with Crippen LogP contribution in [0.2, 0.25) is 0 Å². The molecule has 0 saturated carbocycles. The molecular weight excluding hydrogens is 304 g/mol. The second-order valence-electron chi connectivity index (χ2n) is 4.94. The van der Waals surface area contributed by atoms with Crippen molar-refractivity contribution in [2.45, 2.75) is 31.3 Å². The Balaban J connectivity index is 2.12. The number of rotatable bonds is 6. The van der Waals surface area contributed by atoms with E-state index in [1.807, 2.05) is 50.4 Å². The summed E-state index contributed by atoms with van der Waals surface area (Å²) in [6.07, 6.45) is 2.03. The largest absolute Gasteiger partial charge is 0.487 e. The van der Waals surface area contributed by atoms with Crippen LogP contribution >= 0.6 is 23.1 Å². The van der Waals surface area contributed by atoms with Crippen LogP contribution in [-0.2, 0) is 6.61 Å². The maximum Gasteiger partial charge on any atom is 0.349 e. The lowest BCUT2D eigenvalue weighted by molar-refractivity contribution is 0.0697. The summed E-state index contributed by atoms with van der Waals surface area (Å²) in [6, 6.07) is 9.92. The number of carboxylic acids is 1. The predicted octanol–water partition coefficient (Wildman–Crippen LogP) is 4.87. The van der Waals surface area contributed by atoms with Crippen molar-refractivity contribution in [3.8, 4) is 5.75 Å². The molecule has 0 bridgehead atoms. The Hall–Kier alpha value is -1.46.